The van der Waals surface area contributed by atoms with E-state index in [-0.39, 0.29) is 11.5 Å². The molecule has 3 rings (SSSR count). The number of hydrogen-bond donors (Lipinski definition) is 3. The fourth-order valence-corrected chi connectivity index (χ4v) is 3.95. The Morgan fingerprint density at radius 2 is 1.94 bits per heavy atom. The van der Waals surface area contributed by atoms with Crippen LogP contribution in [-0.4, -0.2) is 68.9 Å². The third kappa shape index (κ3) is 6.56. The molecule has 0 radical (unpaired) electrons. The summed E-state index contributed by atoms with van der Waals surface area (Å²) in [5.74, 6) is 6.39. The van der Waals surface area contributed by atoms with Crippen molar-refractivity contribution in [2.24, 2.45) is 16.6 Å². The van der Waals surface area contributed by atoms with Gasteiger partial charge in [0.25, 0.3) is 5.91 Å². The number of nitrogens with zero attached hydrogens (tertiary/aromatic N) is 5. The zero-order chi connectivity index (χ0) is 25.4. The Labute approximate surface area is 207 Å². The summed E-state index contributed by atoms with van der Waals surface area (Å²) in [7, 11) is 3.85. The largest absolute Gasteiger partial charge is 0.400 e. The smallest absolute Gasteiger partial charge is 0.263 e. The lowest BCUT2D eigenvalue weighted by Gasteiger charge is -2.24. The molecule has 0 aliphatic carbocycles. The Bertz CT molecular complexity index is 1110. The van der Waals surface area contributed by atoms with Crippen LogP contribution in [-0.2, 0) is 11.2 Å². The van der Waals surface area contributed by atoms with E-state index in [4.69, 9.17) is 17.0 Å². The van der Waals surface area contributed by atoms with Gasteiger partial charge in [0.15, 0.2) is 0 Å². The molecular weight excluding hydrogens is 440 g/mol. The highest BCUT2D eigenvalue weighted by molar-refractivity contribution is 6.19. The van der Waals surface area contributed by atoms with Crippen LogP contribution in [0.25, 0.3) is 0 Å². The minimum atomic E-state index is -0.303. The summed E-state index contributed by atoms with van der Waals surface area (Å²) in [6.45, 7) is 5.98. The first-order chi connectivity index (χ1) is 16.8. The SMILES string of the molecule is C=NC1=C(C=N)C(=O)N(c2cccc(N(N)/C=C(\N)CN(C)CCc3ccccc3)c2)CCN1C. The van der Waals surface area contributed by atoms with Crippen LogP contribution < -0.4 is 21.5 Å². The van der Waals surface area contributed by atoms with Crippen LogP contribution in [0.2, 0.25) is 0 Å². The van der Waals surface area contributed by atoms with Gasteiger partial charge >= 0.3 is 0 Å². The van der Waals surface area contributed by atoms with Crippen LogP contribution in [0.4, 0.5) is 11.4 Å². The first-order valence-electron chi connectivity index (χ1n) is 11.4. The number of carbonyl (C=O) groups is 1. The van der Waals surface area contributed by atoms with E-state index in [0.29, 0.717) is 42.5 Å². The number of amides is 1. The molecule has 0 saturated carbocycles. The van der Waals surface area contributed by atoms with Crippen molar-refractivity contribution in [3.63, 3.8) is 0 Å². The van der Waals surface area contributed by atoms with Crippen molar-refractivity contribution in [1.82, 2.24) is 9.80 Å². The number of hydrogen-bond acceptors (Lipinski definition) is 8. The molecule has 2 aromatic carbocycles. The molecule has 1 aliphatic rings. The molecule has 1 aliphatic heterocycles. The van der Waals surface area contributed by atoms with Gasteiger partial charge in [-0.1, -0.05) is 36.4 Å². The Hall–Kier alpha value is -3.95. The van der Waals surface area contributed by atoms with E-state index in [9.17, 15) is 4.79 Å². The monoisotopic (exact) mass is 474 g/mol. The number of aliphatic imine (C=N–C) groups is 1. The minimum absolute atomic E-state index is 0.192. The Kier molecular flexibility index (Phi) is 8.77. The number of likely N-dealkylation sites (N-methyl/N-ethyl adjacent to an activating group) is 2. The van der Waals surface area contributed by atoms with Gasteiger partial charge in [-0.15, -0.1) is 0 Å². The molecule has 0 spiro atoms. The summed E-state index contributed by atoms with van der Waals surface area (Å²) < 4.78 is 0. The maximum Gasteiger partial charge on any atom is 0.263 e. The second-order valence-electron chi connectivity index (χ2n) is 8.52. The van der Waals surface area contributed by atoms with Crippen LogP contribution in [0, 0.1) is 5.41 Å². The highest BCUT2D eigenvalue weighted by Crippen LogP contribution is 2.25. The van der Waals surface area contributed by atoms with Gasteiger partial charge in [-0.2, -0.15) is 0 Å². The summed E-state index contributed by atoms with van der Waals surface area (Å²) in [5, 5.41) is 9.19. The molecule has 0 unspecified atom stereocenters. The van der Waals surface area contributed by atoms with Crippen LogP contribution in [0.1, 0.15) is 5.56 Å². The van der Waals surface area contributed by atoms with E-state index >= 15 is 0 Å². The minimum Gasteiger partial charge on any atom is -0.400 e. The summed E-state index contributed by atoms with van der Waals surface area (Å²) in [4.78, 5) is 22.7. The van der Waals surface area contributed by atoms with Crippen molar-refractivity contribution in [3.05, 3.63) is 83.5 Å². The number of nitrogens with two attached hydrogens (primary N) is 2. The van der Waals surface area contributed by atoms with Gasteiger partial charge < -0.3 is 25.8 Å². The standard InChI is InChI=1S/C26H34N8O/c1-30-25-24(17-27)26(35)33(15-14-32(25)3)22-10-7-11-23(16-22)34(29)19-21(28)18-31(2)13-12-20-8-5-4-6-9-20/h4-11,16-17,19,27H,1,12-15,18,28-29H2,2-3H3/b21-19-,27-17?. The summed E-state index contributed by atoms with van der Waals surface area (Å²) in [6.07, 6.45) is 3.66. The summed E-state index contributed by atoms with van der Waals surface area (Å²) >= 11 is 0. The van der Waals surface area contributed by atoms with Gasteiger partial charge in [0.2, 0.25) is 0 Å². The number of hydrazine groups is 1. The van der Waals surface area contributed by atoms with E-state index in [2.05, 4.69) is 28.7 Å². The highest BCUT2D eigenvalue weighted by atomic mass is 16.2. The van der Waals surface area contributed by atoms with Gasteiger partial charge in [0.05, 0.1) is 11.3 Å². The molecule has 35 heavy (non-hydrogen) atoms. The van der Waals surface area contributed by atoms with Crippen molar-refractivity contribution in [1.29, 1.82) is 5.41 Å². The maximum absolute atomic E-state index is 13.2. The van der Waals surface area contributed by atoms with Crippen LogP contribution >= 0.6 is 0 Å². The molecule has 184 valence electrons. The number of nitrogens with one attached hydrogen (secondary N) is 1. The van der Waals surface area contributed by atoms with Gasteiger partial charge in [-0.3, -0.25) is 9.80 Å². The topological polar surface area (TPSA) is 118 Å². The Balaban J connectivity index is 1.70. The van der Waals surface area contributed by atoms with Crippen molar-refractivity contribution >= 4 is 30.2 Å². The number of benzene rings is 2. The molecule has 0 saturated heterocycles. The van der Waals surface area contributed by atoms with Crippen molar-refractivity contribution in [2.45, 2.75) is 6.42 Å². The van der Waals surface area contributed by atoms with E-state index in [0.717, 1.165) is 19.2 Å². The fraction of sp³-hybridized carbons (Fsp3) is 0.269. The number of carbonyl (C=O) groups excluding carboxylic acids is 1. The highest BCUT2D eigenvalue weighted by Gasteiger charge is 2.27. The van der Waals surface area contributed by atoms with Gasteiger partial charge in [0, 0.05) is 57.0 Å². The molecular formula is C26H34N8O. The Morgan fingerprint density at radius 1 is 1.20 bits per heavy atom. The molecule has 0 atom stereocenters. The van der Waals surface area contributed by atoms with E-state index in [1.165, 1.54) is 10.6 Å². The molecule has 1 amide bonds. The van der Waals surface area contributed by atoms with Crippen LogP contribution in [0.15, 0.2) is 82.9 Å². The average molecular weight is 475 g/mol. The van der Waals surface area contributed by atoms with Crippen molar-refractivity contribution < 1.29 is 4.79 Å². The maximum atomic E-state index is 13.2. The third-order valence-electron chi connectivity index (χ3n) is 5.85. The first kappa shape index (κ1) is 25.7. The van der Waals surface area contributed by atoms with Crippen molar-refractivity contribution in [3.8, 4) is 0 Å². The molecule has 9 nitrogen and oxygen atoms in total. The molecule has 0 bridgehead atoms. The number of anilines is 2. The van der Waals surface area contributed by atoms with E-state index in [1.807, 2.05) is 61.5 Å². The van der Waals surface area contributed by atoms with Crippen molar-refractivity contribution in [2.75, 3.05) is 50.2 Å². The molecule has 1 heterocycles. The molecule has 0 aromatic heterocycles. The van der Waals surface area contributed by atoms with Crippen LogP contribution in [0.5, 0.6) is 0 Å². The predicted octanol–water partition coefficient (Wildman–Crippen LogP) is 2.18. The lowest BCUT2D eigenvalue weighted by Crippen LogP contribution is -2.35. The third-order valence-corrected chi connectivity index (χ3v) is 5.85. The molecule has 2 aromatic rings. The fourth-order valence-electron chi connectivity index (χ4n) is 3.95. The quantitative estimate of drug-likeness (QED) is 0.276. The molecule has 5 N–H and O–H groups in total. The zero-order valence-corrected chi connectivity index (χ0v) is 20.4. The summed E-state index contributed by atoms with van der Waals surface area (Å²) in [6, 6.07) is 17.7. The first-order valence-corrected chi connectivity index (χ1v) is 11.4. The van der Waals surface area contributed by atoms with Gasteiger partial charge in [0.1, 0.15) is 5.82 Å². The van der Waals surface area contributed by atoms with E-state index < -0.39 is 0 Å². The zero-order valence-electron chi connectivity index (χ0n) is 20.4. The molecule has 0 fully saturated rings. The second-order valence-corrected chi connectivity index (χ2v) is 8.52. The summed E-state index contributed by atoms with van der Waals surface area (Å²) in [5.41, 5.74) is 9.72. The lowest BCUT2D eigenvalue weighted by atomic mass is 10.1. The Morgan fingerprint density at radius 3 is 2.63 bits per heavy atom. The second kappa shape index (κ2) is 12.0. The average Bonchev–Trinajstić information content (AvgIpc) is 2.98. The van der Waals surface area contributed by atoms with Gasteiger partial charge in [-0.05, 0) is 43.9 Å². The van der Waals surface area contributed by atoms with Crippen LogP contribution in [0.3, 0.4) is 0 Å². The lowest BCUT2D eigenvalue weighted by molar-refractivity contribution is -0.114. The normalized spacial score (nSPS) is 14.9. The van der Waals surface area contributed by atoms with Gasteiger partial charge in [-0.25, -0.2) is 10.8 Å². The predicted molar refractivity (Wildman–Crippen MR) is 143 cm³/mol. The van der Waals surface area contributed by atoms with E-state index in [1.54, 1.807) is 11.1 Å². The molecule has 9 heteroatoms. The number of rotatable bonds is 10.